The number of rotatable bonds is 4. The monoisotopic (exact) mass is 246 g/mol. The van der Waals surface area contributed by atoms with Crippen LogP contribution >= 0.6 is 11.6 Å². The van der Waals surface area contributed by atoms with Gasteiger partial charge in [0.2, 0.25) is 5.91 Å². The summed E-state index contributed by atoms with van der Waals surface area (Å²) in [4.78, 5) is 16.0. The van der Waals surface area contributed by atoms with Crippen LogP contribution in [0, 0.1) is 0 Å². The molecule has 94 valence electrons. The summed E-state index contributed by atoms with van der Waals surface area (Å²) in [5.74, 6) is 0.174. The van der Waals surface area contributed by atoms with Crippen LogP contribution in [0.1, 0.15) is 32.6 Å². The maximum atomic E-state index is 11.8. The normalized spacial score (nSPS) is 25.8. The SMILES string of the molecule is CCN(C(=O)CCl)[C@@H]1CCCC[C@@H]1N(C)C. The highest BCUT2D eigenvalue weighted by molar-refractivity contribution is 6.27. The summed E-state index contributed by atoms with van der Waals surface area (Å²) in [5, 5.41) is 0. The number of carbonyl (C=O) groups is 1. The maximum Gasteiger partial charge on any atom is 0.237 e. The van der Waals surface area contributed by atoms with Gasteiger partial charge in [-0.25, -0.2) is 0 Å². The highest BCUT2D eigenvalue weighted by Gasteiger charge is 2.32. The lowest BCUT2D eigenvalue weighted by molar-refractivity contribution is -0.132. The molecule has 0 unspecified atom stereocenters. The molecule has 3 nitrogen and oxygen atoms in total. The van der Waals surface area contributed by atoms with Crippen molar-refractivity contribution in [2.45, 2.75) is 44.7 Å². The van der Waals surface area contributed by atoms with E-state index in [4.69, 9.17) is 11.6 Å². The second-order valence-corrected chi connectivity index (χ2v) is 4.96. The number of hydrogen-bond acceptors (Lipinski definition) is 2. The Morgan fingerprint density at radius 3 is 2.25 bits per heavy atom. The molecular formula is C12H23ClN2O. The fourth-order valence-corrected chi connectivity index (χ4v) is 2.88. The lowest BCUT2D eigenvalue weighted by Crippen LogP contribution is -2.53. The van der Waals surface area contributed by atoms with Crippen molar-refractivity contribution in [2.24, 2.45) is 0 Å². The van der Waals surface area contributed by atoms with Crippen LogP contribution in [0.3, 0.4) is 0 Å². The molecule has 1 amide bonds. The fraction of sp³-hybridized carbons (Fsp3) is 0.917. The molecule has 0 aromatic rings. The number of carbonyl (C=O) groups excluding carboxylic acids is 1. The lowest BCUT2D eigenvalue weighted by Gasteiger charge is -2.42. The van der Waals surface area contributed by atoms with Crippen molar-refractivity contribution in [2.75, 3.05) is 26.5 Å². The van der Waals surface area contributed by atoms with E-state index in [0.29, 0.717) is 12.1 Å². The Kier molecular flexibility index (Phi) is 5.56. The van der Waals surface area contributed by atoms with Crippen LogP contribution in [0.4, 0.5) is 0 Å². The summed E-state index contributed by atoms with van der Waals surface area (Å²) in [6.07, 6.45) is 4.79. The van der Waals surface area contributed by atoms with Gasteiger partial charge in [-0.1, -0.05) is 12.8 Å². The molecule has 2 atom stereocenters. The van der Waals surface area contributed by atoms with Crippen molar-refractivity contribution in [3.8, 4) is 0 Å². The molecule has 16 heavy (non-hydrogen) atoms. The van der Waals surface area contributed by atoms with Gasteiger partial charge in [0, 0.05) is 18.6 Å². The van der Waals surface area contributed by atoms with Gasteiger partial charge >= 0.3 is 0 Å². The zero-order chi connectivity index (χ0) is 12.1. The van der Waals surface area contributed by atoms with Gasteiger partial charge in [0.25, 0.3) is 0 Å². The summed E-state index contributed by atoms with van der Waals surface area (Å²) >= 11 is 5.67. The van der Waals surface area contributed by atoms with Crippen molar-refractivity contribution in [3.63, 3.8) is 0 Å². The van der Waals surface area contributed by atoms with E-state index < -0.39 is 0 Å². The van der Waals surface area contributed by atoms with Crippen LogP contribution < -0.4 is 0 Å². The van der Waals surface area contributed by atoms with E-state index >= 15 is 0 Å². The third-order valence-corrected chi connectivity index (χ3v) is 3.76. The van der Waals surface area contributed by atoms with Gasteiger partial charge in [-0.2, -0.15) is 0 Å². The molecular weight excluding hydrogens is 224 g/mol. The highest BCUT2D eigenvalue weighted by atomic mass is 35.5. The van der Waals surface area contributed by atoms with Crippen LogP contribution in [0.25, 0.3) is 0 Å². The first-order chi connectivity index (χ1) is 7.61. The summed E-state index contributed by atoms with van der Waals surface area (Å²) < 4.78 is 0. The first-order valence-electron chi connectivity index (χ1n) is 6.13. The lowest BCUT2D eigenvalue weighted by atomic mass is 9.88. The Balaban J connectivity index is 2.75. The van der Waals surface area contributed by atoms with Crippen LogP contribution in [0.15, 0.2) is 0 Å². The van der Waals surface area contributed by atoms with Gasteiger partial charge < -0.3 is 9.80 Å². The van der Waals surface area contributed by atoms with E-state index in [-0.39, 0.29) is 11.8 Å². The second-order valence-electron chi connectivity index (χ2n) is 4.70. The molecule has 0 N–H and O–H groups in total. The van der Waals surface area contributed by atoms with Crippen molar-refractivity contribution in [3.05, 3.63) is 0 Å². The topological polar surface area (TPSA) is 23.6 Å². The van der Waals surface area contributed by atoms with E-state index in [9.17, 15) is 4.79 Å². The first kappa shape index (κ1) is 13.8. The molecule has 0 bridgehead atoms. The summed E-state index contributed by atoms with van der Waals surface area (Å²) in [7, 11) is 4.20. The largest absolute Gasteiger partial charge is 0.337 e. The Morgan fingerprint density at radius 2 is 1.81 bits per heavy atom. The number of hydrogen-bond donors (Lipinski definition) is 0. The minimum absolute atomic E-state index is 0.0721. The molecule has 0 aromatic heterocycles. The van der Waals surface area contributed by atoms with Crippen molar-refractivity contribution in [1.29, 1.82) is 0 Å². The molecule has 1 fully saturated rings. The molecule has 0 aromatic carbocycles. The molecule has 0 saturated heterocycles. The van der Waals surface area contributed by atoms with Gasteiger partial charge in [-0.15, -0.1) is 11.6 Å². The summed E-state index contributed by atoms with van der Waals surface area (Å²) in [6, 6.07) is 0.834. The molecule has 1 rings (SSSR count). The highest BCUT2D eigenvalue weighted by Crippen LogP contribution is 2.26. The second kappa shape index (κ2) is 6.45. The molecule has 4 heteroatoms. The van der Waals surface area contributed by atoms with E-state index in [2.05, 4.69) is 19.0 Å². The standard InChI is InChI=1S/C12H23ClN2O/c1-4-15(12(16)9-13)11-8-6-5-7-10(11)14(2)3/h10-11H,4-9H2,1-3H3/t10-,11+/m0/s1. The summed E-state index contributed by atoms with van der Waals surface area (Å²) in [6.45, 7) is 2.80. The Labute approximate surface area is 104 Å². The third-order valence-electron chi connectivity index (χ3n) is 3.53. The Hall–Kier alpha value is -0.280. The van der Waals surface area contributed by atoms with Gasteiger partial charge in [0.15, 0.2) is 0 Å². The first-order valence-corrected chi connectivity index (χ1v) is 6.67. The number of amides is 1. The van der Waals surface area contributed by atoms with Crippen molar-refractivity contribution < 1.29 is 4.79 Å². The maximum absolute atomic E-state index is 11.8. The van der Waals surface area contributed by atoms with E-state index in [1.807, 2.05) is 11.8 Å². The zero-order valence-electron chi connectivity index (χ0n) is 10.6. The Bertz CT molecular complexity index is 233. The molecule has 1 saturated carbocycles. The zero-order valence-corrected chi connectivity index (χ0v) is 11.3. The van der Waals surface area contributed by atoms with Gasteiger partial charge in [0.1, 0.15) is 5.88 Å². The predicted octanol–water partition coefficient (Wildman–Crippen LogP) is 1.95. The quantitative estimate of drug-likeness (QED) is 0.708. The molecule has 0 heterocycles. The minimum atomic E-state index is 0.0721. The van der Waals surface area contributed by atoms with Crippen molar-refractivity contribution in [1.82, 2.24) is 9.80 Å². The van der Waals surface area contributed by atoms with Gasteiger partial charge in [-0.3, -0.25) is 4.79 Å². The minimum Gasteiger partial charge on any atom is -0.337 e. The van der Waals surface area contributed by atoms with Crippen LogP contribution in [-0.2, 0) is 4.79 Å². The van der Waals surface area contributed by atoms with Gasteiger partial charge in [-0.05, 0) is 33.9 Å². The van der Waals surface area contributed by atoms with Gasteiger partial charge in [0.05, 0.1) is 0 Å². The number of likely N-dealkylation sites (N-methyl/N-ethyl adjacent to an activating group) is 2. The number of alkyl halides is 1. The van der Waals surface area contributed by atoms with Crippen LogP contribution in [-0.4, -0.2) is 54.3 Å². The molecule has 1 aliphatic rings. The van der Waals surface area contributed by atoms with E-state index in [0.717, 1.165) is 13.0 Å². The average Bonchev–Trinajstić information content (AvgIpc) is 2.30. The smallest absolute Gasteiger partial charge is 0.237 e. The molecule has 0 spiro atoms. The fourth-order valence-electron chi connectivity index (χ4n) is 2.73. The van der Waals surface area contributed by atoms with E-state index in [1.165, 1.54) is 19.3 Å². The molecule has 0 radical (unpaired) electrons. The number of halogens is 1. The number of nitrogens with zero attached hydrogens (tertiary/aromatic N) is 2. The molecule has 1 aliphatic carbocycles. The predicted molar refractivity (Wildman–Crippen MR) is 67.8 cm³/mol. The third kappa shape index (κ3) is 3.11. The van der Waals surface area contributed by atoms with Crippen molar-refractivity contribution >= 4 is 17.5 Å². The Morgan fingerprint density at radius 1 is 1.25 bits per heavy atom. The average molecular weight is 247 g/mol. The van der Waals surface area contributed by atoms with E-state index in [1.54, 1.807) is 0 Å². The summed E-state index contributed by atoms with van der Waals surface area (Å²) in [5.41, 5.74) is 0. The van der Waals surface area contributed by atoms with Crippen LogP contribution in [0.5, 0.6) is 0 Å². The van der Waals surface area contributed by atoms with Crippen LogP contribution in [0.2, 0.25) is 0 Å². The molecule has 0 aliphatic heterocycles.